The van der Waals surface area contributed by atoms with Crippen LogP contribution in [-0.4, -0.2) is 31.7 Å². The Labute approximate surface area is 141 Å². The zero-order valence-corrected chi connectivity index (χ0v) is 14.4. The average Bonchev–Trinajstić information content (AvgIpc) is 3.20. The average molecular weight is 326 g/mol. The van der Waals surface area contributed by atoms with Gasteiger partial charge in [-0.2, -0.15) is 10.2 Å². The molecule has 0 aliphatic rings. The van der Waals surface area contributed by atoms with E-state index < -0.39 is 0 Å². The molecule has 7 heteroatoms. The van der Waals surface area contributed by atoms with Gasteiger partial charge in [-0.3, -0.25) is 0 Å². The number of methoxy groups -OCH3 is 1. The van der Waals surface area contributed by atoms with Crippen molar-refractivity contribution in [1.82, 2.24) is 29.9 Å². The van der Waals surface area contributed by atoms with Crippen molar-refractivity contribution in [2.24, 2.45) is 7.05 Å². The minimum atomic E-state index is 0.208. The number of nitrogens with one attached hydrogen (secondary N) is 1. The van der Waals surface area contributed by atoms with E-state index in [9.17, 15) is 0 Å². The van der Waals surface area contributed by atoms with Gasteiger partial charge < -0.3 is 10.1 Å². The van der Waals surface area contributed by atoms with Gasteiger partial charge in [-0.25, -0.2) is 14.3 Å². The van der Waals surface area contributed by atoms with Crippen LogP contribution in [0.3, 0.4) is 0 Å². The number of aryl methyl sites for hydroxylation is 2. The molecule has 3 rings (SSSR count). The molecule has 0 amide bonds. The molecule has 1 N–H and O–H groups in total. The Bertz CT molecular complexity index is 791. The summed E-state index contributed by atoms with van der Waals surface area (Å²) in [5, 5.41) is 12.1. The van der Waals surface area contributed by atoms with Crippen molar-refractivity contribution in [1.29, 1.82) is 0 Å². The molecule has 0 bridgehead atoms. The van der Waals surface area contributed by atoms with Gasteiger partial charge in [0.25, 0.3) is 0 Å². The molecule has 0 fully saturated rings. The summed E-state index contributed by atoms with van der Waals surface area (Å²) >= 11 is 0. The molecular formula is C17H22N6O. The van der Waals surface area contributed by atoms with E-state index in [4.69, 9.17) is 4.74 Å². The third-order valence-corrected chi connectivity index (χ3v) is 4.14. The molecule has 1 unspecified atom stereocenters. The van der Waals surface area contributed by atoms with Gasteiger partial charge in [0.2, 0.25) is 5.88 Å². The number of nitrogens with zero attached hydrogens (tertiary/aromatic N) is 5. The van der Waals surface area contributed by atoms with Gasteiger partial charge in [-0.05, 0) is 31.5 Å². The summed E-state index contributed by atoms with van der Waals surface area (Å²) in [7, 11) is 3.56. The predicted octanol–water partition coefficient (Wildman–Crippen LogP) is 2.17. The predicted molar refractivity (Wildman–Crippen MR) is 91.1 cm³/mol. The van der Waals surface area contributed by atoms with Crippen LogP contribution in [0.15, 0.2) is 36.9 Å². The summed E-state index contributed by atoms with van der Waals surface area (Å²) in [4.78, 5) is 3.97. The van der Waals surface area contributed by atoms with Crippen LogP contribution in [0.25, 0.3) is 5.69 Å². The Balaban J connectivity index is 1.68. The van der Waals surface area contributed by atoms with Crippen LogP contribution in [0, 0.1) is 6.92 Å². The van der Waals surface area contributed by atoms with E-state index in [2.05, 4.69) is 39.6 Å². The van der Waals surface area contributed by atoms with Crippen molar-refractivity contribution in [3.8, 4) is 11.6 Å². The lowest BCUT2D eigenvalue weighted by molar-refractivity contribution is 0.367. The van der Waals surface area contributed by atoms with Crippen LogP contribution in [-0.2, 0) is 13.6 Å². The summed E-state index contributed by atoms with van der Waals surface area (Å²) < 4.78 is 8.95. The topological polar surface area (TPSA) is 69.8 Å². The Hall–Kier alpha value is -2.67. The third kappa shape index (κ3) is 3.16. The van der Waals surface area contributed by atoms with Crippen LogP contribution in [0.4, 0.5) is 0 Å². The molecule has 0 spiro atoms. The van der Waals surface area contributed by atoms with Gasteiger partial charge >= 0.3 is 0 Å². The van der Waals surface area contributed by atoms with Gasteiger partial charge in [0.15, 0.2) is 0 Å². The monoisotopic (exact) mass is 326 g/mol. The first-order valence-corrected chi connectivity index (χ1v) is 7.85. The fourth-order valence-electron chi connectivity index (χ4n) is 2.77. The molecule has 0 radical (unpaired) electrons. The second-order valence-corrected chi connectivity index (χ2v) is 5.73. The molecule has 7 nitrogen and oxygen atoms in total. The molecular weight excluding hydrogens is 304 g/mol. The van der Waals surface area contributed by atoms with Crippen molar-refractivity contribution < 1.29 is 4.74 Å². The van der Waals surface area contributed by atoms with E-state index >= 15 is 0 Å². The SMILES string of the molecule is COc1c(CNC(C)c2ccc(-n3cncn3)cc2)c(C)nn1C. The molecule has 0 aliphatic heterocycles. The first-order valence-electron chi connectivity index (χ1n) is 7.85. The van der Waals surface area contributed by atoms with Crippen LogP contribution >= 0.6 is 0 Å². The van der Waals surface area contributed by atoms with Gasteiger partial charge in [0.05, 0.1) is 24.1 Å². The number of rotatable bonds is 6. The maximum atomic E-state index is 5.44. The number of hydrogen-bond donors (Lipinski definition) is 1. The standard InChI is InChI=1S/C17H22N6O/c1-12(19-9-16-13(2)21-22(3)17(16)24-4)14-5-7-15(8-6-14)23-11-18-10-20-23/h5-8,10-12,19H,9H2,1-4H3. The maximum absolute atomic E-state index is 5.44. The van der Waals surface area contributed by atoms with Gasteiger partial charge in [0, 0.05) is 19.6 Å². The lowest BCUT2D eigenvalue weighted by atomic mass is 10.1. The van der Waals surface area contributed by atoms with Gasteiger partial charge in [-0.15, -0.1) is 0 Å². The van der Waals surface area contributed by atoms with Crippen molar-refractivity contribution >= 4 is 0 Å². The van der Waals surface area contributed by atoms with E-state index in [-0.39, 0.29) is 6.04 Å². The smallest absolute Gasteiger partial charge is 0.216 e. The molecule has 2 aromatic heterocycles. The first-order chi connectivity index (χ1) is 11.6. The van der Waals surface area contributed by atoms with E-state index in [1.807, 2.05) is 26.1 Å². The molecule has 0 saturated heterocycles. The Morgan fingerprint density at radius 3 is 2.62 bits per heavy atom. The highest BCUT2D eigenvalue weighted by molar-refractivity contribution is 5.35. The van der Waals surface area contributed by atoms with Crippen LogP contribution in [0.5, 0.6) is 5.88 Å². The van der Waals surface area contributed by atoms with E-state index in [1.54, 1.807) is 22.8 Å². The molecule has 1 atom stereocenters. The summed E-state index contributed by atoms with van der Waals surface area (Å²) in [6, 6.07) is 8.49. The quantitative estimate of drug-likeness (QED) is 0.752. The van der Waals surface area contributed by atoms with Gasteiger partial charge in [0.1, 0.15) is 12.7 Å². The number of aromatic nitrogens is 5. The molecule has 3 aromatic rings. The maximum Gasteiger partial charge on any atom is 0.216 e. The lowest BCUT2D eigenvalue weighted by Crippen LogP contribution is -2.18. The summed E-state index contributed by atoms with van der Waals surface area (Å²) in [6.45, 7) is 4.84. The van der Waals surface area contributed by atoms with E-state index in [1.165, 1.54) is 11.9 Å². The van der Waals surface area contributed by atoms with Crippen molar-refractivity contribution in [3.05, 3.63) is 53.7 Å². The Kier molecular flexibility index (Phi) is 4.61. The molecule has 24 heavy (non-hydrogen) atoms. The van der Waals surface area contributed by atoms with E-state index in [0.717, 1.165) is 22.8 Å². The van der Waals surface area contributed by atoms with Crippen LogP contribution in [0.1, 0.15) is 29.8 Å². The largest absolute Gasteiger partial charge is 0.481 e. The number of benzene rings is 1. The minimum absolute atomic E-state index is 0.208. The van der Waals surface area contributed by atoms with Gasteiger partial charge in [-0.1, -0.05) is 12.1 Å². The Morgan fingerprint density at radius 1 is 1.25 bits per heavy atom. The lowest BCUT2D eigenvalue weighted by Gasteiger charge is -2.15. The highest BCUT2D eigenvalue weighted by Crippen LogP contribution is 2.22. The molecule has 0 aliphatic carbocycles. The van der Waals surface area contributed by atoms with E-state index in [0.29, 0.717) is 6.54 Å². The summed E-state index contributed by atoms with van der Waals surface area (Å²) in [5.74, 6) is 0.800. The second-order valence-electron chi connectivity index (χ2n) is 5.73. The highest BCUT2D eigenvalue weighted by Gasteiger charge is 2.15. The minimum Gasteiger partial charge on any atom is -0.481 e. The number of hydrogen-bond acceptors (Lipinski definition) is 5. The van der Waals surface area contributed by atoms with Crippen molar-refractivity contribution in [2.45, 2.75) is 26.4 Å². The zero-order valence-electron chi connectivity index (χ0n) is 14.4. The number of ether oxygens (including phenoxy) is 1. The molecule has 2 heterocycles. The fraction of sp³-hybridized carbons (Fsp3) is 0.353. The molecule has 126 valence electrons. The first kappa shape index (κ1) is 16.2. The zero-order chi connectivity index (χ0) is 17.1. The summed E-state index contributed by atoms with van der Waals surface area (Å²) in [6.07, 6.45) is 3.22. The fourth-order valence-corrected chi connectivity index (χ4v) is 2.77. The molecule has 1 aromatic carbocycles. The normalized spacial score (nSPS) is 12.3. The summed E-state index contributed by atoms with van der Waals surface area (Å²) in [5.41, 5.74) is 4.27. The second kappa shape index (κ2) is 6.84. The van der Waals surface area contributed by atoms with Crippen molar-refractivity contribution in [3.63, 3.8) is 0 Å². The third-order valence-electron chi connectivity index (χ3n) is 4.14. The Morgan fingerprint density at radius 2 is 2.00 bits per heavy atom. The molecule has 0 saturated carbocycles. The highest BCUT2D eigenvalue weighted by atomic mass is 16.5. The van der Waals surface area contributed by atoms with Crippen LogP contribution < -0.4 is 10.1 Å². The van der Waals surface area contributed by atoms with Crippen molar-refractivity contribution in [2.75, 3.05) is 7.11 Å². The van der Waals surface area contributed by atoms with Crippen LogP contribution in [0.2, 0.25) is 0 Å².